The molecule has 162 valence electrons. The molecule has 3 heterocycles. The fourth-order valence-electron chi connectivity index (χ4n) is 4.05. The Morgan fingerprint density at radius 3 is 2.97 bits per heavy atom. The highest BCUT2D eigenvalue weighted by Crippen LogP contribution is 2.38. The topological polar surface area (TPSA) is 59.0 Å². The van der Waals surface area contributed by atoms with Gasteiger partial charge in [-0.25, -0.2) is 4.99 Å². The van der Waals surface area contributed by atoms with Gasteiger partial charge in [0.25, 0.3) is 0 Å². The number of ether oxygens (including phenoxy) is 2. The molecule has 0 saturated carbocycles. The lowest BCUT2D eigenvalue weighted by Crippen LogP contribution is -2.41. The second-order valence-electron chi connectivity index (χ2n) is 7.90. The number of benzene rings is 1. The summed E-state index contributed by atoms with van der Waals surface area (Å²) in [6.07, 6.45) is 4.14. The molecule has 1 spiro atoms. The molecule has 2 aromatic rings. The first kappa shape index (κ1) is 22.8. The van der Waals surface area contributed by atoms with Crippen LogP contribution in [0.2, 0.25) is 0 Å². The van der Waals surface area contributed by atoms with Crippen LogP contribution in [0.15, 0.2) is 53.7 Å². The van der Waals surface area contributed by atoms with Crippen LogP contribution in [0.5, 0.6) is 5.75 Å². The number of rotatable bonds is 6. The van der Waals surface area contributed by atoms with Gasteiger partial charge in [-0.05, 0) is 49.6 Å². The van der Waals surface area contributed by atoms with Crippen LogP contribution in [0, 0.1) is 5.41 Å². The molecule has 1 unspecified atom stereocenters. The quantitative estimate of drug-likeness (QED) is 0.355. The Kier molecular flexibility index (Phi) is 8.32. The molecule has 2 aliphatic rings. The molecule has 4 rings (SSSR count). The van der Waals surface area contributed by atoms with Crippen molar-refractivity contribution in [2.45, 2.75) is 32.9 Å². The van der Waals surface area contributed by atoms with E-state index in [1.54, 1.807) is 6.20 Å². The zero-order chi connectivity index (χ0) is 19.9. The second-order valence-corrected chi connectivity index (χ2v) is 7.90. The summed E-state index contributed by atoms with van der Waals surface area (Å²) >= 11 is 0. The second kappa shape index (κ2) is 10.9. The third-order valence-electron chi connectivity index (χ3n) is 5.68. The molecule has 2 saturated heterocycles. The SMILES string of the molecule is CCNC(=NCc1cccc(OCc2ccccn2)c1)N1CCC2(CCOC2)C1.I. The summed E-state index contributed by atoms with van der Waals surface area (Å²) in [7, 11) is 0. The van der Waals surface area contributed by atoms with Crippen LogP contribution in [0.4, 0.5) is 0 Å². The Balaban J connectivity index is 0.00000256. The monoisotopic (exact) mass is 522 g/mol. The van der Waals surface area contributed by atoms with Crippen LogP contribution in [-0.2, 0) is 17.9 Å². The molecular formula is C23H31IN4O2. The Bertz CT molecular complexity index is 825. The number of aliphatic imine (C=N–C) groups is 1. The van der Waals surface area contributed by atoms with E-state index in [2.05, 4.69) is 34.3 Å². The number of aromatic nitrogens is 1. The molecule has 0 radical (unpaired) electrons. The van der Waals surface area contributed by atoms with Gasteiger partial charge in [-0.15, -0.1) is 24.0 Å². The lowest BCUT2D eigenvalue weighted by Gasteiger charge is -2.25. The number of likely N-dealkylation sites (tertiary alicyclic amines) is 1. The lowest BCUT2D eigenvalue weighted by atomic mass is 9.87. The van der Waals surface area contributed by atoms with Gasteiger partial charge in [-0.3, -0.25) is 4.98 Å². The number of nitrogens with zero attached hydrogens (tertiary/aromatic N) is 3. The number of hydrogen-bond donors (Lipinski definition) is 1. The molecule has 0 amide bonds. The van der Waals surface area contributed by atoms with Gasteiger partial charge in [0.1, 0.15) is 12.4 Å². The summed E-state index contributed by atoms with van der Waals surface area (Å²) in [5.41, 5.74) is 2.39. The van der Waals surface area contributed by atoms with Crippen molar-refractivity contribution in [3.63, 3.8) is 0 Å². The van der Waals surface area contributed by atoms with E-state index in [0.717, 1.165) is 55.8 Å². The van der Waals surface area contributed by atoms with Crippen LogP contribution in [0.25, 0.3) is 0 Å². The summed E-state index contributed by atoms with van der Waals surface area (Å²) in [5, 5.41) is 3.46. The summed E-state index contributed by atoms with van der Waals surface area (Å²) in [5.74, 6) is 1.84. The minimum atomic E-state index is 0. The summed E-state index contributed by atoms with van der Waals surface area (Å²) < 4.78 is 11.6. The van der Waals surface area contributed by atoms with Gasteiger partial charge < -0.3 is 19.7 Å². The number of nitrogens with one attached hydrogen (secondary N) is 1. The van der Waals surface area contributed by atoms with Crippen LogP contribution in [0.3, 0.4) is 0 Å². The normalized spacial score (nSPS) is 21.0. The Morgan fingerprint density at radius 2 is 2.20 bits per heavy atom. The Hall–Kier alpha value is -1.87. The molecule has 1 atom stereocenters. The zero-order valence-electron chi connectivity index (χ0n) is 17.5. The first-order chi connectivity index (χ1) is 14.3. The van der Waals surface area contributed by atoms with Crippen molar-refractivity contribution in [1.29, 1.82) is 0 Å². The van der Waals surface area contributed by atoms with Crippen LogP contribution in [-0.4, -0.2) is 48.7 Å². The van der Waals surface area contributed by atoms with Gasteiger partial charge in [-0.1, -0.05) is 18.2 Å². The van der Waals surface area contributed by atoms with E-state index in [4.69, 9.17) is 14.5 Å². The predicted molar refractivity (Wildman–Crippen MR) is 129 cm³/mol. The van der Waals surface area contributed by atoms with Crippen molar-refractivity contribution in [3.8, 4) is 5.75 Å². The molecular weight excluding hydrogens is 491 g/mol. The first-order valence-corrected chi connectivity index (χ1v) is 10.5. The van der Waals surface area contributed by atoms with Crippen LogP contribution >= 0.6 is 24.0 Å². The summed E-state index contributed by atoms with van der Waals surface area (Å²) in [6, 6.07) is 14.0. The van der Waals surface area contributed by atoms with Gasteiger partial charge in [0.15, 0.2) is 5.96 Å². The molecule has 7 heteroatoms. The minimum absolute atomic E-state index is 0. The van der Waals surface area contributed by atoms with Crippen molar-refractivity contribution in [1.82, 2.24) is 15.2 Å². The third-order valence-corrected chi connectivity index (χ3v) is 5.68. The Morgan fingerprint density at radius 1 is 1.27 bits per heavy atom. The van der Waals surface area contributed by atoms with Gasteiger partial charge >= 0.3 is 0 Å². The molecule has 1 aromatic carbocycles. The zero-order valence-corrected chi connectivity index (χ0v) is 19.9. The average Bonchev–Trinajstić information content (AvgIpc) is 3.40. The van der Waals surface area contributed by atoms with Gasteiger partial charge in [0.2, 0.25) is 0 Å². The highest BCUT2D eigenvalue weighted by Gasteiger charge is 2.42. The number of hydrogen-bond acceptors (Lipinski definition) is 4. The molecule has 0 aliphatic carbocycles. The maximum Gasteiger partial charge on any atom is 0.194 e. The van der Waals surface area contributed by atoms with E-state index in [-0.39, 0.29) is 24.0 Å². The smallest absolute Gasteiger partial charge is 0.194 e. The van der Waals surface area contributed by atoms with Crippen LogP contribution < -0.4 is 10.1 Å². The van der Waals surface area contributed by atoms with Crippen molar-refractivity contribution < 1.29 is 9.47 Å². The molecule has 1 aromatic heterocycles. The predicted octanol–water partition coefficient (Wildman–Crippen LogP) is 3.86. The van der Waals surface area contributed by atoms with E-state index in [9.17, 15) is 0 Å². The van der Waals surface area contributed by atoms with E-state index >= 15 is 0 Å². The Labute approximate surface area is 196 Å². The molecule has 2 aliphatic heterocycles. The molecule has 30 heavy (non-hydrogen) atoms. The van der Waals surface area contributed by atoms with Crippen molar-refractivity contribution in [2.24, 2.45) is 10.4 Å². The minimum Gasteiger partial charge on any atom is -0.487 e. The lowest BCUT2D eigenvalue weighted by molar-refractivity contribution is 0.156. The fourth-order valence-corrected chi connectivity index (χ4v) is 4.05. The molecule has 2 fully saturated rings. The van der Waals surface area contributed by atoms with E-state index in [0.29, 0.717) is 18.6 Å². The number of guanidine groups is 1. The summed E-state index contributed by atoms with van der Waals surface area (Å²) in [4.78, 5) is 11.6. The maximum absolute atomic E-state index is 5.90. The number of halogens is 1. The van der Waals surface area contributed by atoms with Crippen LogP contribution in [0.1, 0.15) is 31.0 Å². The van der Waals surface area contributed by atoms with Gasteiger partial charge in [-0.2, -0.15) is 0 Å². The van der Waals surface area contributed by atoms with Gasteiger partial charge in [0, 0.05) is 37.9 Å². The fraction of sp³-hybridized carbons (Fsp3) is 0.478. The van der Waals surface area contributed by atoms with Gasteiger partial charge in [0.05, 0.1) is 18.8 Å². The first-order valence-electron chi connectivity index (χ1n) is 10.5. The highest BCUT2D eigenvalue weighted by molar-refractivity contribution is 14.0. The average molecular weight is 522 g/mol. The van der Waals surface area contributed by atoms with Crippen molar-refractivity contribution in [3.05, 3.63) is 59.9 Å². The molecule has 1 N–H and O–H groups in total. The van der Waals surface area contributed by atoms with Crippen molar-refractivity contribution >= 4 is 29.9 Å². The highest BCUT2D eigenvalue weighted by atomic mass is 127. The van der Waals surface area contributed by atoms with Crippen molar-refractivity contribution in [2.75, 3.05) is 32.8 Å². The van der Waals surface area contributed by atoms with E-state index in [1.165, 1.54) is 12.8 Å². The van der Waals surface area contributed by atoms with E-state index in [1.807, 2.05) is 30.3 Å². The molecule has 0 bridgehead atoms. The largest absolute Gasteiger partial charge is 0.487 e. The van der Waals surface area contributed by atoms with E-state index < -0.39 is 0 Å². The number of pyridine rings is 1. The third kappa shape index (κ3) is 5.85. The molecule has 6 nitrogen and oxygen atoms in total. The standard InChI is InChI=1S/C23H30N4O2.HI/c1-2-24-22(27-12-9-23(17-27)10-13-28-18-23)26-15-19-6-5-8-21(14-19)29-16-20-7-3-4-11-25-20;/h3-8,11,14H,2,9-10,12-13,15-18H2,1H3,(H,24,26);1H. The maximum atomic E-state index is 5.90. The summed E-state index contributed by atoms with van der Waals surface area (Å²) in [6.45, 7) is 7.94.